The van der Waals surface area contributed by atoms with Gasteiger partial charge in [0, 0.05) is 31.2 Å². The number of anilines is 1. The van der Waals surface area contributed by atoms with Gasteiger partial charge in [0.15, 0.2) is 0 Å². The number of carbonyl (C=O) groups is 1. The number of nitrogens with one attached hydrogen (secondary N) is 1. The number of nitrogens with zero attached hydrogens (tertiary/aromatic N) is 3. The van der Waals surface area contributed by atoms with E-state index in [2.05, 4.69) is 15.3 Å². The van der Waals surface area contributed by atoms with Crippen LogP contribution >= 0.6 is 0 Å². The van der Waals surface area contributed by atoms with Gasteiger partial charge in [-0.2, -0.15) is 4.31 Å². The van der Waals surface area contributed by atoms with Crippen LogP contribution in [0, 0.1) is 0 Å². The fraction of sp³-hybridized carbons (Fsp3) is 0.353. The molecule has 2 heterocycles. The van der Waals surface area contributed by atoms with E-state index in [0.717, 1.165) is 0 Å². The zero-order valence-electron chi connectivity index (χ0n) is 14.5. The number of hydrogen-bond donors (Lipinski definition) is 1. The van der Waals surface area contributed by atoms with Gasteiger partial charge in [0.05, 0.1) is 23.3 Å². The van der Waals surface area contributed by atoms with Crippen LogP contribution in [0.1, 0.15) is 24.3 Å². The zero-order valence-corrected chi connectivity index (χ0v) is 15.3. The van der Waals surface area contributed by atoms with Crippen LogP contribution in [0.15, 0.2) is 47.8 Å². The minimum atomic E-state index is -3.61. The predicted molar refractivity (Wildman–Crippen MR) is 95.2 cm³/mol. The maximum Gasteiger partial charge on any atom is 0.275 e. The number of benzene rings is 1. The molecule has 138 valence electrons. The first kappa shape index (κ1) is 18.4. The molecule has 1 amide bonds. The van der Waals surface area contributed by atoms with E-state index < -0.39 is 15.9 Å². The minimum Gasteiger partial charge on any atom is -0.373 e. The van der Waals surface area contributed by atoms with E-state index in [1.54, 1.807) is 12.1 Å². The molecular weight excluding hydrogens is 356 g/mol. The Kier molecular flexibility index (Phi) is 5.30. The summed E-state index contributed by atoms with van der Waals surface area (Å²) >= 11 is 0. The van der Waals surface area contributed by atoms with Gasteiger partial charge in [-0.1, -0.05) is 0 Å². The van der Waals surface area contributed by atoms with Crippen LogP contribution in [-0.2, 0) is 14.8 Å². The molecular formula is C17H20N4O4S. The monoisotopic (exact) mass is 376 g/mol. The Hall–Kier alpha value is -2.36. The van der Waals surface area contributed by atoms with Gasteiger partial charge in [0.25, 0.3) is 5.91 Å². The van der Waals surface area contributed by atoms with Crippen molar-refractivity contribution in [1.82, 2.24) is 14.3 Å². The lowest BCUT2D eigenvalue weighted by atomic mass is 10.3. The number of aromatic nitrogens is 2. The molecule has 1 aliphatic rings. The van der Waals surface area contributed by atoms with E-state index in [-0.39, 0.29) is 22.8 Å². The van der Waals surface area contributed by atoms with Crippen molar-refractivity contribution in [3.8, 4) is 0 Å². The maximum atomic E-state index is 12.8. The highest BCUT2D eigenvalue weighted by atomic mass is 32.2. The van der Waals surface area contributed by atoms with Crippen LogP contribution in [0.4, 0.5) is 5.69 Å². The van der Waals surface area contributed by atoms with Crippen molar-refractivity contribution < 1.29 is 17.9 Å². The number of rotatable bonds is 4. The molecule has 8 nitrogen and oxygen atoms in total. The van der Waals surface area contributed by atoms with Crippen molar-refractivity contribution >= 4 is 21.6 Å². The Morgan fingerprint density at radius 3 is 2.38 bits per heavy atom. The average molecular weight is 376 g/mol. The molecule has 1 saturated heterocycles. The van der Waals surface area contributed by atoms with E-state index in [0.29, 0.717) is 18.8 Å². The van der Waals surface area contributed by atoms with Gasteiger partial charge in [0.1, 0.15) is 5.69 Å². The van der Waals surface area contributed by atoms with E-state index in [1.165, 1.54) is 35.0 Å². The van der Waals surface area contributed by atoms with Crippen LogP contribution in [-0.4, -0.2) is 53.9 Å². The third-order valence-electron chi connectivity index (χ3n) is 3.93. The van der Waals surface area contributed by atoms with Crippen LogP contribution in [0.25, 0.3) is 0 Å². The van der Waals surface area contributed by atoms with Crippen LogP contribution < -0.4 is 5.32 Å². The van der Waals surface area contributed by atoms with Crippen LogP contribution in [0.3, 0.4) is 0 Å². The minimum absolute atomic E-state index is 0.154. The standard InChI is InChI=1S/C17H20N4O4S/c1-12-10-21(11-13(2)25-12)26(23,24)15-5-3-14(4-6-15)20-17(22)16-9-18-7-8-19-16/h3-9,12-13H,10-11H2,1-2H3,(H,20,22)/t12-,13-/m0/s1. The second-order valence-corrected chi connectivity index (χ2v) is 8.09. The maximum absolute atomic E-state index is 12.8. The molecule has 1 N–H and O–H groups in total. The Morgan fingerprint density at radius 2 is 1.81 bits per heavy atom. The molecule has 1 aromatic heterocycles. The molecule has 1 aliphatic heterocycles. The number of carbonyl (C=O) groups excluding carboxylic acids is 1. The highest BCUT2D eigenvalue weighted by molar-refractivity contribution is 7.89. The number of morpholine rings is 1. The van der Waals surface area contributed by atoms with E-state index in [4.69, 9.17) is 4.74 Å². The van der Waals surface area contributed by atoms with E-state index in [1.807, 2.05) is 13.8 Å². The molecule has 9 heteroatoms. The number of hydrogen-bond acceptors (Lipinski definition) is 6. The molecule has 0 aliphatic carbocycles. The van der Waals surface area contributed by atoms with Crippen molar-refractivity contribution in [2.24, 2.45) is 0 Å². The van der Waals surface area contributed by atoms with Gasteiger partial charge >= 0.3 is 0 Å². The second-order valence-electron chi connectivity index (χ2n) is 6.15. The van der Waals surface area contributed by atoms with Gasteiger partial charge < -0.3 is 10.1 Å². The number of amides is 1. The highest BCUT2D eigenvalue weighted by Gasteiger charge is 2.32. The van der Waals surface area contributed by atoms with Gasteiger partial charge in [-0.25, -0.2) is 13.4 Å². The first-order chi connectivity index (χ1) is 12.4. The van der Waals surface area contributed by atoms with Crippen LogP contribution in [0.2, 0.25) is 0 Å². The number of ether oxygens (including phenoxy) is 1. The summed E-state index contributed by atoms with van der Waals surface area (Å²) in [6, 6.07) is 6.06. The molecule has 26 heavy (non-hydrogen) atoms. The molecule has 0 spiro atoms. The van der Waals surface area contributed by atoms with E-state index in [9.17, 15) is 13.2 Å². The van der Waals surface area contributed by atoms with Gasteiger partial charge in [0.2, 0.25) is 10.0 Å². The van der Waals surface area contributed by atoms with Gasteiger partial charge in [-0.3, -0.25) is 9.78 Å². The quantitative estimate of drug-likeness (QED) is 0.868. The normalized spacial score (nSPS) is 21.3. The Morgan fingerprint density at radius 1 is 1.15 bits per heavy atom. The summed E-state index contributed by atoms with van der Waals surface area (Å²) in [6.07, 6.45) is 3.95. The van der Waals surface area contributed by atoms with Gasteiger partial charge in [-0.05, 0) is 38.1 Å². The summed E-state index contributed by atoms with van der Waals surface area (Å²) in [4.78, 5) is 20.0. The highest BCUT2D eigenvalue weighted by Crippen LogP contribution is 2.22. The third kappa shape index (κ3) is 4.06. The topological polar surface area (TPSA) is 101 Å². The summed E-state index contributed by atoms with van der Waals surface area (Å²) in [6.45, 7) is 4.34. The Bertz CT molecular complexity index is 861. The second kappa shape index (κ2) is 7.48. The van der Waals surface area contributed by atoms with Crippen molar-refractivity contribution in [2.75, 3.05) is 18.4 Å². The van der Waals surface area contributed by atoms with E-state index >= 15 is 0 Å². The summed E-state index contributed by atoms with van der Waals surface area (Å²) in [5, 5.41) is 2.66. The molecule has 0 radical (unpaired) electrons. The van der Waals surface area contributed by atoms with Crippen molar-refractivity contribution in [3.63, 3.8) is 0 Å². The van der Waals surface area contributed by atoms with Crippen molar-refractivity contribution in [2.45, 2.75) is 31.0 Å². The largest absolute Gasteiger partial charge is 0.373 e. The fourth-order valence-electron chi connectivity index (χ4n) is 2.80. The van der Waals surface area contributed by atoms with Crippen molar-refractivity contribution in [3.05, 3.63) is 48.5 Å². The number of sulfonamides is 1. The summed E-state index contributed by atoms with van der Waals surface area (Å²) in [5.41, 5.74) is 0.656. The zero-order chi connectivity index (χ0) is 18.7. The molecule has 0 unspecified atom stereocenters. The molecule has 2 aromatic rings. The Labute approximate surface area is 152 Å². The molecule has 3 rings (SSSR count). The van der Waals surface area contributed by atoms with Crippen LogP contribution in [0.5, 0.6) is 0 Å². The van der Waals surface area contributed by atoms with Crippen molar-refractivity contribution in [1.29, 1.82) is 0 Å². The predicted octanol–water partition coefficient (Wildman–Crippen LogP) is 1.53. The summed E-state index contributed by atoms with van der Waals surface area (Å²) in [5.74, 6) is -0.412. The molecule has 0 bridgehead atoms. The molecule has 1 aromatic carbocycles. The molecule has 2 atom stereocenters. The molecule has 1 fully saturated rings. The lowest BCUT2D eigenvalue weighted by molar-refractivity contribution is -0.0440. The third-order valence-corrected chi connectivity index (χ3v) is 5.78. The van der Waals surface area contributed by atoms with Gasteiger partial charge in [-0.15, -0.1) is 0 Å². The summed E-state index contributed by atoms with van der Waals surface area (Å²) in [7, 11) is -3.61. The SMILES string of the molecule is C[C@H]1CN(S(=O)(=O)c2ccc(NC(=O)c3cnccn3)cc2)C[C@H](C)O1. The average Bonchev–Trinajstić information content (AvgIpc) is 2.62. The Balaban J connectivity index is 1.73. The summed E-state index contributed by atoms with van der Waals surface area (Å²) < 4.78 is 32.6. The lowest BCUT2D eigenvalue weighted by Crippen LogP contribution is -2.48. The first-order valence-corrected chi connectivity index (χ1v) is 9.63. The first-order valence-electron chi connectivity index (χ1n) is 8.19. The smallest absolute Gasteiger partial charge is 0.275 e. The lowest BCUT2D eigenvalue weighted by Gasteiger charge is -2.34. The fourth-order valence-corrected chi connectivity index (χ4v) is 4.39. The molecule has 0 saturated carbocycles.